The van der Waals surface area contributed by atoms with Crippen LogP contribution in [0.2, 0.25) is 0 Å². The third-order valence-electron chi connectivity index (χ3n) is 8.67. The summed E-state index contributed by atoms with van der Waals surface area (Å²) in [4.78, 5) is 55.6. The van der Waals surface area contributed by atoms with Crippen molar-refractivity contribution < 1.29 is 23.9 Å². The Balaban J connectivity index is 1.09. The molecule has 9 heteroatoms. The van der Waals surface area contributed by atoms with Crippen LogP contribution < -0.4 is 5.32 Å². The third kappa shape index (κ3) is 6.52. The van der Waals surface area contributed by atoms with Crippen molar-refractivity contribution >= 4 is 23.7 Å². The van der Waals surface area contributed by atoms with Crippen molar-refractivity contribution in [1.82, 2.24) is 20.0 Å². The molecule has 1 aromatic rings. The molecule has 3 fully saturated rings. The van der Waals surface area contributed by atoms with E-state index in [0.717, 1.165) is 64.0 Å². The van der Waals surface area contributed by atoms with Gasteiger partial charge in [-0.05, 0) is 102 Å². The van der Waals surface area contributed by atoms with E-state index in [1.165, 1.54) is 5.56 Å². The first-order valence-corrected chi connectivity index (χ1v) is 14.5. The molecule has 1 atom stereocenters. The first kappa shape index (κ1) is 27.8. The minimum atomic E-state index is -0.571. The second-order valence-corrected chi connectivity index (χ2v) is 12.5. The molecule has 1 aromatic carbocycles. The number of rotatable bonds is 6. The number of hydrogen-bond donors (Lipinski definition) is 1. The second kappa shape index (κ2) is 11.4. The van der Waals surface area contributed by atoms with Crippen LogP contribution in [0.25, 0.3) is 0 Å². The zero-order chi connectivity index (χ0) is 27.7. The number of ether oxygens (including phenoxy) is 1. The van der Waals surface area contributed by atoms with Gasteiger partial charge in [0.1, 0.15) is 11.6 Å². The quantitative estimate of drug-likeness (QED) is 0.439. The number of nitrogens with one attached hydrogen (secondary N) is 1. The number of hydrogen-bond acceptors (Lipinski definition) is 7. The van der Waals surface area contributed by atoms with Gasteiger partial charge >= 0.3 is 5.97 Å². The summed E-state index contributed by atoms with van der Waals surface area (Å²) >= 11 is 0. The van der Waals surface area contributed by atoms with Gasteiger partial charge in [-0.3, -0.25) is 24.5 Å². The number of imide groups is 1. The number of likely N-dealkylation sites (tertiary alicyclic amines) is 2. The first-order chi connectivity index (χ1) is 18.6. The number of nitrogens with zero attached hydrogens (tertiary/aromatic N) is 3. The molecule has 4 aliphatic heterocycles. The van der Waals surface area contributed by atoms with Crippen LogP contribution in [-0.4, -0.2) is 88.8 Å². The molecule has 3 saturated heterocycles. The Bertz CT molecular complexity index is 1110. The molecule has 4 heterocycles. The van der Waals surface area contributed by atoms with Crippen LogP contribution in [0.15, 0.2) is 18.2 Å². The predicted octanol–water partition coefficient (Wildman–Crippen LogP) is 2.82. The molecule has 9 nitrogen and oxygen atoms in total. The Morgan fingerprint density at radius 1 is 1.00 bits per heavy atom. The molecule has 0 saturated carbocycles. The highest BCUT2D eigenvalue weighted by Gasteiger charge is 2.39. The number of carbonyl (C=O) groups excluding carboxylic acids is 4. The summed E-state index contributed by atoms with van der Waals surface area (Å²) in [6, 6.07) is 6.22. The van der Waals surface area contributed by atoms with Gasteiger partial charge in [-0.1, -0.05) is 12.1 Å². The molecular weight excluding hydrogens is 496 g/mol. The van der Waals surface area contributed by atoms with Crippen molar-refractivity contribution in [2.24, 2.45) is 0 Å². The summed E-state index contributed by atoms with van der Waals surface area (Å²) < 4.78 is 5.44. The molecule has 0 spiro atoms. The van der Waals surface area contributed by atoms with Gasteiger partial charge in [0.25, 0.3) is 5.91 Å². The predicted molar refractivity (Wildman–Crippen MR) is 146 cm³/mol. The summed E-state index contributed by atoms with van der Waals surface area (Å²) in [5, 5.41) is 2.37. The van der Waals surface area contributed by atoms with Gasteiger partial charge in [0.05, 0.1) is 6.42 Å². The van der Waals surface area contributed by atoms with Crippen molar-refractivity contribution in [2.75, 3.05) is 32.7 Å². The minimum absolute atomic E-state index is 0.113. The molecule has 5 rings (SSSR count). The first-order valence-electron chi connectivity index (χ1n) is 14.5. The van der Waals surface area contributed by atoms with E-state index in [1.54, 1.807) is 4.90 Å². The number of benzene rings is 1. The van der Waals surface area contributed by atoms with Crippen LogP contribution >= 0.6 is 0 Å². The van der Waals surface area contributed by atoms with Gasteiger partial charge in [-0.2, -0.15) is 0 Å². The van der Waals surface area contributed by atoms with E-state index in [1.807, 2.05) is 26.8 Å². The van der Waals surface area contributed by atoms with E-state index >= 15 is 0 Å². The minimum Gasteiger partial charge on any atom is -0.460 e. The molecule has 39 heavy (non-hydrogen) atoms. The molecule has 4 aliphatic rings. The van der Waals surface area contributed by atoms with Crippen molar-refractivity contribution in [3.8, 4) is 0 Å². The zero-order valence-corrected chi connectivity index (χ0v) is 23.5. The Labute approximate surface area is 231 Å². The summed E-state index contributed by atoms with van der Waals surface area (Å²) in [7, 11) is 0. The summed E-state index contributed by atoms with van der Waals surface area (Å²) in [5.41, 5.74) is 2.52. The lowest BCUT2D eigenvalue weighted by molar-refractivity contribution is -0.155. The number of fused-ring (bicyclic) bond motifs is 1. The molecule has 0 bridgehead atoms. The smallest absolute Gasteiger partial charge is 0.307 e. The maximum atomic E-state index is 13.0. The van der Waals surface area contributed by atoms with Crippen molar-refractivity contribution in [3.63, 3.8) is 0 Å². The summed E-state index contributed by atoms with van der Waals surface area (Å²) in [5.74, 6) is -0.392. The second-order valence-electron chi connectivity index (χ2n) is 12.5. The molecule has 1 N–H and O–H groups in total. The van der Waals surface area contributed by atoms with E-state index in [9.17, 15) is 19.2 Å². The molecule has 212 valence electrons. The Morgan fingerprint density at radius 2 is 1.72 bits per heavy atom. The highest BCUT2D eigenvalue weighted by Crippen LogP contribution is 2.34. The van der Waals surface area contributed by atoms with Gasteiger partial charge in [-0.25, -0.2) is 0 Å². The normalized spacial score (nSPS) is 24.1. The van der Waals surface area contributed by atoms with E-state index in [0.29, 0.717) is 36.9 Å². The van der Waals surface area contributed by atoms with Gasteiger partial charge in [0.2, 0.25) is 11.8 Å². The molecule has 1 unspecified atom stereocenters. The lowest BCUT2D eigenvalue weighted by Crippen LogP contribution is -2.52. The Hall–Kier alpha value is -2.78. The van der Waals surface area contributed by atoms with Gasteiger partial charge in [0, 0.05) is 31.1 Å². The van der Waals surface area contributed by atoms with Crippen molar-refractivity contribution in [1.29, 1.82) is 0 Å². The lowest BCUT2D eigenvalue weighted by atomic mass is 9.86. The summed E-state index contributed by atoms with van der Waals surface area (Å²) in [6.07, 6.45) is 5.58. The highest BCUT2D eigenvalue weighted by molar-refractivity contribution is 6.05. The SMILES string of the molecule is CC(C)(C)OC(=O)CCN1CCC(N2CCC(c3ccc4c(c3)CN(C3CCC(=O)NC3=O)C4=O)CC2)CC1. The monoisotopic (exact) mass is 538 g/mol. The third-order valence-corrected chi connectivity index (χ3v) is 8.67. The molecule has 0 radical (unpaired) electrons. The van der Waals surface area contributed by atoms with Crippen LogP contribution in [0.1, 0.15) is 93.1 Å². The van der Waals surface area contributed by atoms with E-state index in [-0.39, 0.29) is 30.1 Å². The van der Waals surface area contributed by atoms with Gasteiger partial charge in [-0.15, -0.1) is 0 Å². The highest BCUT2D eigenvalue weighted by atomic mass is 16.6. The Kier molecular flexibility index (Phi) is 8.10. The molecule has 0 aliphatic carbocycles. The van der Waals surface area contributed by atoms with Crippen LogP contribution in [0.5, 0.6) is 0 Å². The molecule has 0 aromatic heterocycles. The molecule has 3 amide bonds. The molecular formula is C30H42N4O5. The van der Waals surface area contributed by atoms with Gasteiger partial charge < -0.3 is 19.4 Å². The maximum absolute atomic E-state index is 13.0. The van der Waals surface area contributed by atoms with E-state index in [4.69, 9.17) is 4.74 Å². The average molecular weight is 539 g/mol. The van der Waals surface area contributed by atoms with Crippen LogP contribution in [0.3, 0.4) is 0 Å². The van der Waals surface area contributed by atoms with Gasteiger partial charge in [0.15, 0.2) is 0 Å². The van der Waals surface area contributed by atoms with E-state index < -0.39 is 11.6 Å². The topological polar surface area (TPSA) is 99.3 Å². The zero-order valence-electron chi connectivity index (χ0n) is 23.5. The Morgan fingerprint density at radius 3 is 2.38 bits per heavy atom. The largest absolute Gasteiger partial charge is 0.460 e. The van der Waals surface area contributed by atoms with Crippen LogP contribution in [0.4, 0.5) is 0 Å². The summed E-state index contributed by atoms with van der Waals surface area (Å²) in [6.45, 7) is 11.1. The fraction of sp³-hybridized carbons (Fsp3) is 0.667. The average Bonchev–Trinajstić information content (AvgIpc) is 3.22. The maximum Gasteiger partial charge on any atom is 0.307 e. The van der Waals surface area contributed by atoms with Crippen molar-refractivity contribution in [2.45, 2.75) is 95.9 Å². The fourth-order valence-corrected chi connectivity index (χ4v) is 6.60. The van der Waals surface area contributed by atoms with E-state index in [2.05, 4.69) is 27.2 Å². The number of amides is 3. The number of esters is 1. The number of carbonyl (C=O) groups is 4. The van der Waals surface area contributed by atoms with Crippen LogP contribution in [0, 0.1) is 0 Å². The fourth-order valence-electron chi connectivity index (χ4n) is 6.60. The van der Waals surface area contributed by atoms with Crippen molar-refractivity contribution in [3.05, 3.63) is 34.9 Å². The standard InChI is InChI=1S/C30H42N4O5/c1-30(2,3)39-27(36)12-15-32-13-10-23(11-14-32)33-16-8-20(9-17-33)21-4-5-24-22(18-21)19-34(29(24)38)25-6-7-26(35)31-28(25)37/h4-5,18,20,23,25H,6-17,19H2,1-3H3,(H,31,35,37). The lowest BCUT2D eigenvalue weighted by Gasteiger charge is -2.42. The van der Waals surface area contributed by atoms with Crippen LogP contribution in [-0.2, 0) is 25.7 Å². The number of piperidine rings is 3.